The molecule has 0 aliphatic carbocycles. The molecule has 0 fully saturated rings. The predicted octanol–water partition coefficient (Wildman–Crippen LogP) is 4.76. The van der Waals surface area contributed by atoms with Crippen LogP contribution in [0.5, 0.6) is 0 Å². The molecular formula is C26H29FN2O3. The van der Waals surface area contributed by atoms with E-state index in [9.17, 15) is 14.0 Å². The molecule has 2 aromatic carbocycles. The highest BCUT2D eigenvalue weighted by Crippen LogP contribution is 2.21. The molecule has 0 saturated heterocycles. The number of halogens is 1. The molecule has 3 rings (SSSR count). The lowest BCUT2D eigenvalue weighted by molar-refractivity contribution is -0.131. The van der Waals surface area contributed by atoms with Gasteiger partial charge in [0, 0.05) is 18.8 Å². The molecule has 1 aromatic heterocycles. The van der Waals surface area contributed by atoms with E-state index >= 15 is 0 Å². The Hall–Kier alpha value is -3.41. The number of carbonyl (C=O) groups excluding carboxylic acids is 2. The smallest absolute Gasteiger partial charge is 0.355 e. The molecule has 1 amide bonds. The molecule has 0 aliphatic heterocycles. The van der Waals surface area contributed by atoms with Crippen LogP contribution in [-0.4, -0.2) is 34.9 Å². The highest BCUT2D eigenvalue weighted by Gasteiger charge is 2.22. The molecule has 0 aliphatic rings. The third kappa shape index (κ3) is 5.84. The number of aromatic nitrogens is 1. The predicted molar refractivity (Wildman–Crippen MR) is 122 cm³/mol. The largest absolute Gasteiger partial charge is 0.461 e. The molecule has 0 saturated carbocycles. The number of nitrogens with one attached hydrogen (secondary N) is 1. The summed E-state index contributed by atoms with van der Waals surface area (Å²) in [5.41, 5.74) is 4.87. The second-order valence-electron chi connectivity index (χ2n) is 7.80. The van der Waals surface area contributed by atoms with Crippen molar-refractivity contribution in [2.75, 3.05) is 13.2 Å². The zero-order valence-electron chi connectivity index (χ0n) is 18.8. The van der Waals surface area contributed by atoms with E-state index in [4.69, 9.17) is 4.74 Å². The maximum absolute atomic E-state index is 13.3. The van der Waals surface area contributed by atoms with Crippen molar-refractivity contribution in [3.05, 3.63) is 94.1 Å². The number of hydrogen-bond donors (Lipinski definition) is 1. The van der Waals surface area contributed by atoms with E-state index < -0.39 is 5.97 Å². The van der Waals surface area contributed by atoms with E-state index in [2.05, 4.69) is 4.98 Å². The summed E-state index contributed by atoms with van der Waals surface area (Å²) in [4.78, 5) is 30.4. The Morgan fingerprint density at radius 2 is 1.69 bits per heavy atom. The minimum atomic E-state index is -0.396. The summed E-state index contributed by atoms with van der Waals surface area (Å²) in [7, 11) is 0. The van der Waals surface area contributed by atoms with Crippen LogP contribution in [0.15, 0.2) is 54.6 Å². The average molecular weight is 437 g/mol. The van der Waals surface area contributed by atoms with Crippen LogP contribution < -0.4 is 0 Å². The monoisotopic (exact) mass is 436 g/mol. The lowest BCUT2D eigenvalue weighted by atomic mass is 10.1. The van der Waals surface area contributed by atoms with Gasteiger partial charge in [-0.2, -0.15) is 0 Å². The van der Waals surface area contributed by atoms with E-state index in [0.29, 0.717) is 31.8 Å². The maximum atomic E-state index is 13.3. The number of rotatable bonds is 9. The van der Waals surface area contributed by atoms with Crippen molar-refractivity contribution < 1.29 is 18.7 Å². The van der Waals surface area contributed by atoms with Gasteiger partial charge in [-0.3, -0.25) is 4.79 Å². The Morgan fingerprint density at radius 1 is 1.00 bits per heavy atom. The second-order valence-corrected chi connectivity index (χ2v) is 7.80. The zero-order chi connectivity index (χ0) is 23.1. The standard InChI is InChI=1S/C26H29FN2O3/c1-4-32-26(31)25-18(2)23(19(3)28-25)17-29(15-14-20-8-6-5-7-9-20)24(30)16-21-10-12-22(27)13-11-21/h5-13,28H,4,14-17H2,1-3H3. The minimum Gasteiger partial charge on any atom is -0.461 e. The Kier molecular flexibility index (Phi) is 7.82. The van der Waals surface area contributed by atoms with Gasteiger partial charge in [0.15, 0.2) is 0 Å². The summed E-state index contributed by atoms with van der Waals surface area (Å²) < 4.78 is 18.4. The van der Waals surface area contributed by atoms with Crippen LogP contribution in [0, 0.1) is 19.7 Å². The first-order valence-corrected chi connectivity index (χ1v) is 10.8. The summed E-state index contributed by atoms with van der Waals surface area (Å²) in [6, 6.07) is 16.0. The van der Waals surface area contributed by atoms with Gasteiger partial charge in [0.05, 0.1) is 13.0 Å². The number of hydrogen-bond acceptors (Lipinski definition) is 3. The van der Waals surface area contributed by atoms with Crippen molar-refractivity contribution >= 4 is 11.9 Å². The van der Waals surface area contributed by atoms with Crippen molar-refractivity contribution in [3.63, 3.8) is 0 Å². The van der Waals surface area contributed by atoms with Crippen molar-refractivity contribution in [1.82, 2.24) is 9.88 Å². The van der Waals surface area contributed by atoms with Crippen molar-refractivity contribution in [2.24, 2.45) is 0 Å². The van der Waals surface area contributed by atoms with Gasteiger partial charge in [-0.15, -0.1) is 0 Å². The van der Waals surface area contributed by atoms with Gasteiger partial charge in [-0.1, -0.05) is 42.5 Å². The number of aryl methyl sites for hydroxylation is 1. The van der Waals surface area contributed by atoms with Gasteiger partial charge >= 0.3 is 5.97 Å². The molecule has 0 radical (unpaired) electrons. The third-order valence-electron chi connectivity index (χ3n) is 5.56. The molecule has 32 heavy (non-hydrogen) atoms. The second kappa shape index (κ2) is 10.8. The number of ether oxygens (including phenoxy) is 1. The summed E-state index contributed by atoms with van der Waals surface area (Å²) in [5.74, 6) is -0.773. The van der Waals surface area contributed by atoms with Gasteiger partial charge < -0.3 is 14.6 Å². The number of esters is 1. The summed E-state index contributed by atoms with van der Waals surface area (Å²) in [6.45, 7) is 6.73. The maximum Gasteiger partial charge on any atom is 0.355 e. The van der Waals surface area contributed by atoms with Crippen molar-refractivity contribution in [3.8, 4) is 0 Å². The van der Waals surface area contributed by atoms with Crippen LogP contribution in [0.25, 0.3) is 0 Å². The lowest BCUT2D eigenvalue weighted by Crippen LogP contribution is -2.34. The van der Waals surface area contributed by atoms with Crippen LogP contribution in [0.2, 0.25) is 0 Å². The Labute approximate surface area is 188 Å². The zero-order valence-corrected chi connectivity index (χ0v) is 18.8. The van der Waals surface area contributed by atoms with Crippen LogP contribution in [0.3, 0.4) is 0 Å². The van der Waals surface area contributed by atoms with Crippen LogP contribution in [-0.2, 0) is 28.9 Å². The molecule has 0 bridgehead atoms. The molecule has 3 aromatic rings. The fourth-order valence-corrected chi connectivity index (χ4v) is 3.71. The van der Waals surface area contributed by atoms with E-state index in [-0.39, 0.29) is 18.1 Å². The highest BCUT2D eigenvalue weighted by atomic mass is 19.1. The Morgan fingerprint density at radius 3 is 2.34 bits per heavy atom. The van der Waals surface area contributed by atoms with Gasteiger partial charge in [0.25, 0.3) is 0 Å². The Bertz CT molecular complexity index is 1060. The number of amides is 1. The number of carbonyl (C=O) groups is 2. The highest BCUT2D eigenvalue weighted by molar-refractivity contribution is 5.90. The normalized spacial score (nSPS) is 10.8. The molecule has 1 heterocycles. The molecule has 0 spiro atoms. The topological polar surface area (TPSA) is 62.4 Å². The summed E-state index contributed by atoms with van der Waals surface area (Å²) >= 11 is 0. The van der Waals surface area contributed by atoms with Crippen molar-refractivity contribution in [1.29, 1.82) is 0 Å². The molecule has 168 valence electrons. The minimum absolute atomic E-state index is 0.0507. The summed E-state index contributed by atoms with van der Waals surface area (Å²) in [6.07, 6.45) is 0.894. The fraction of sp³-hybridized carbons (Fsp3) is 0.308. The number of benzene rings is 2. The van der Waals surface area contributed by atoms with Gasteiger partial charge in [-0.25, -0.2) is 9.18 Å². The Balaban J connectivity index is 1.82. The first kappa shape index (κ1) is 23.3. The van der Waals surface area contributed by atoms with E-state index in [1.165, 1.54) is 12.1 Å². The van der Waals surface area contributed by atoms with Gasteiger partial charge in [0.2, 0.25) is 5.91 Å². The molecular weight excluding hydrogens is 407 g/mol. The number of H-pyrrole nitrogens is 1. The van der Waals surface area contributed by atoms with E-state index in [0.717, 1.165) is 27.9 Å². The third-order valence-corrected chi connectivity index (χ3v) is 5.56. The van der Waals surface area contributed by atoms with Crippen molar-refractivity contribution in [2.45, 2.75) is 40.2 Å². The van der Waals surface area contributed by atoms with Gasteiger partial charge in [0.1, 0.15) is 11.5 Å². The fourth-order valence-electron chi connectivity index (χ4n) is 3.71. The number of aromatic amines is 1. The van der Waals surface area contributed by atoms with Crippen LogP contribution in [0.1, 0.15) is 45.4 Å². The van der Waals surface area contributed by atoms with Crippen LogP contribution >= 0.6 is 0 Å². The molecule has 0 atom stereocenters. The number of nitrogens with zero attached hydrogens (tertiary/aromatic N) is 1. The van der Waals surface area contributed by atoms with E-state index in [1.54, 1.807) is 24.0 Å². The average Bonchev–Trinajstić information content (AvgIpc) is 3.07. The molecule has 6 heteroatoms. The van der Waals surface area contributed by atoms with Gasteiger partial charge in [-0.05, 0) is 61.6 Å². The molecule has 1 N–H and O–H groups in total. The molecule has 0 unspecified atom stereocenters. The lowest BCUT2D eigenvalue weighted by Gasteiger charge is -2.24. The molecule has 5 nitrogen and oxygen atoms in total. The van der Waals surface area contributed by atoms with E-state index in [1.807, 2.05) is 44.2 Å². The first-order valence-electron chi connectivity index (χ1n) is 10.8. The van der Waals surface area contributed by atoms with Crippen LogP contribution in [0.4, 0.5) is 4.39 Å². The summed E-state index contributed by atoms with van der Waals surface area (Å²) in [5, 5.41) is 0. The quantitative estimate of drug-likeness (QED) is 0.492. The first-order chi connectivity index (χ1) is 15.4. The SMILES string of the molecule is CCOC(=O)c1[nH]c(C)c(CN(CCc2ccccc2)C(=O)Cc2ccc(F)cc2)c1C.